The summed E-state index contributed by atoms with van der Waals surface area (Å²) in [5.74, 6) is 0. The Kier molecular flexibility index (Phi) is 4.93. The summed E-state index contributed by atoms with van der Waals surface area (Å²) in [6.45, 7) is 2.15. The molecule has 15 heavy (non-hydrogen) atoms. The largest absolute Gasteiger partial charge is 0.399 e. The normalized spacial score (nSPS) is 10.3. The summed E-state index contributed by atoms with van der Waals surface area (Å²) in [6.07, 6.45) is 0. The van der Waals surface area contributed by atoms with E-state index in [1.54, 1.807) is 7.11 Å². The van der Waals surface area contributed by atoms with Gasteiger partial charge < -0.3 is 20.5 Å². The number of hydrogen-bond acceptors (Lipinski definition) is 4. The summed E-state index contributed by atoms with van der Waals surface area (Å²) in [5, 5.41) is 8.94. The van der Waals surface area contributed by atoms with Crippen molar-refractivity contribution in [2.75, 3.05) is 44.0 Å². The van der Waals surface area contributed by atoms with Crippen molar-refractivity contribution in [2.24, 2.45) is 0 Å². The molecule has 4 heteroatoms. The number of methoxy groups -OCH3 is 1. The average Bonchev–Trinajstić information content (AvgIpc) is 2.25. The number of nitrogen functional groups attached to an aromatic ring is 1. The van der Waals surface area contributed by atoms with Crippen molar-refractivity contribution in [1.29, 1.82) is 0 Å². The number of nitrogens with zero attached hydrogens (tertiary/aromatic N) is 1. The van der Waals surface area contributed by atoms with E-state index >= 15 is 0 Å². The van der Waals surface area contributed by atoms with Crippen molar-refractivity contribution in [2.45, 2.75) is 0 Å². The number of rotatable bonds is 6. The monoisotopic (exact) mass is 210 g/mol. The van der Waals surface area contributed by atoms with Crippen molar-refractivity contribution in [1.82, 2.24) is 0 Å². The maximum atomic E-state index is 8.94. The van der Waals surface area contributed by atoms with Crippen LogP contribution in [0.4, 0.5) is 11.4 Å². The molecule has 4 nitrogen and oxygen atoms in total. The Bertz CT molecular complexity index is 274. The zero-order chi connectivity index (χ0) is 11.1. The highest BCUT2D eigenvalue weighted by molar-refractivity contribution is 5.53. The fourth-order valence-corrected chi connectivity index (χ4v) is 1.38. The third-order valence-electron chi connectivity index (χ3n) is 2.19. The lowest BCUT2D eigenvalue weighted by molar-refractivity contribution is 0.203. The van der Waals surface area contributed by atoms with Crippen LogP contribution in [0.25, 0.3) is 0 Å². The molecule has 0 aliphatic rings. The number of nitrogens with two attached hydrogens (primary N) is 1. The zero-order valence-electron chi connectivity index (χ0n) is 9.02. The molecule has 0 spiro atoms. The van der Waals surface area contributed by atoms with Gasteiger partial charge in [0.25, 0.3) is 0 Å². The summed E-state index contributed by atoms with van der Waals surface area (Å²) >= 11 is 0. The summed E-state index contributed by atoms with van der Waals surface area (Å²) in [7, 11) is 1.67. The first kappa shape index (κ1) is 11.8. The molecule has 0 amide bonds. The van der Waals surface area contributed by atoms with E-state index in [0.29, 0.717) is 13.2 Å². The van der Waals surface area contributed by atoms with Gasteiger partial charge in [0.05, 0.1) is 13.2 Å². The van der Waals surface area contributed by atoms with Crippen LogP contribution in [0.3, 0.4) is 0 Å². The van der Waals surface area contributed by atoms with Gasteiger partial charge in [0.15, 0.2) is 0 Å². The van der Waals surface area contributed by atoms with Crippen LogP contribution < -0.4 is 10.6 Å². The Morgan fingerprint density at radius 3 is 2.47 bits per heavy atom. The van der Waals surface area contributed by atoms with Crippen molar-refractivity contribution >= 4 is 11.4 Å². The summed E-state index contributed by atoms with van der Waals surface area (Å²) in [6, 6.07) is 7.60. The highest BCUT2D eigenvalue weighted by Crippen LogP contribution is 2.15. The Morgan fingerprint density at radius 2 is 1.93 bits per heavy atom. The number of aliphatic hydroxyl groups excluding tert-OH is 1. The topological polar surface area (TPSA) is 58.7 Å². The van der Waals surface area contributed by atoms with Crippen LogP contribution in [0.15, 0.2) is 24.3 Å². The van der Waals surface area contributed by atoms with E-state index in [-0.39, 0.29) is 6.61 Å². The molecule has 0 fully saturated rings. The van der Waals surface area contributed by atoms with Gasteiger partial charge in [0.2, 0.25) is 0 Å². The highest BCUT2D eigenvalue weighted by atomic mass is 16.5. The third kappa shape index (κ3) is 3.77. The molecular weight excluding hydrogens is 192 g/mol. The van der Waals surface area contributed by atoms with Crippen LogP contribution in [0.5, 0.6) is 0 Å². The van der Waals surface area contributed by atoms with Crippen molar-refractivity contribution in [3.8, 4) is 0 Å². The van der Waals surface area contributed by atoms with E-state index in [4.69, 9.17) is 15.6 Å². The second-order valence-corrected chi connectivity index (χ2v) is 3.29. The van der Waals surface area contributed by atoms with Crippen LogP contribution in [0.1, 0.15) is 0 Å². The molecule has 0 saturated heterocycles. The molecule has 0 saturated carbocycles. The van der Waals surface area contributed by atoms with Crippen LogP contribution in [-0.2, 0) is 4.74 Å². The van der Waals surface area contributed by atoms with Gasteiger partial charge in [-0.1, -0.05) is 0 Å². The molecule has 3 N–H and O–H groups in total. The molecule has 1 aromatic carbocycles. The molecule has 0 aliphatic carbocycles. The predicted octanol–water partition coefficient (Wildman–Crippen LogP) is 0.714. The average molecular weight is 210 g/mol. The fraction of sp³-hybridized carbons (Fsp3) is 0.455. The molecule has 0 unspecified atom stereocenters. The Hall–Kier alpha value is -1.26. The second-order valence-electron chi connectivity index (χ2n) is 3.29. The highest BCUT2D eigenvalue weighted by Gasteiger charge is 2.04. The first-order valence-electron chi connectivity index (χ1n) is 4.98. The summed E-state index contributed by atoms with van der Waals surface area (Å²) in [5.41, 5.74) is 7.40. The Morgan fingerprint density at radius 1 is 1.27 bits per heavy atom. The molecule has 1 rings (SSSR count). The standard InChI is InChI=1S/C11H18N2O2/c1-15-9-7-13(6-8-14)11-4-2-10(12)3-5-11/h2-5,14H,6-9,12H2,1H3. The molecule has 1 aromatic rings. The summed E-state index contributed by atoms with van der Waals surface area (Å²) in [4.78, 5) is 2.06. The molecule has 0 heterocycles. The maximum absolute atomic E-state index is 8.94. The van der Waals surface area contributed by atoms with Gasteiger partial charge in [-0.2, -0.15) is 0 Å². The van der Waals surface area contributed by atoms with Gasteiger partial charge in [0, 0.05) is 31.6 Å². The van der Waals surface area contributed by atoms with Gasteiger partial charge in [-0.05, 0) is 24.3 Å². The maximum Gasteiger partial charge on any atom is 0.0637 e. The van der Waals surface area contributed by atoms with Gasteiger partial charge in [-0.25, -0.2) is 0 Å². The number of hydrogen-bond donors (Lipinski definition) is 2. The number of aliphatic hydroxyl groups is 1. The van der Waals surface area contributed by atoms with E-state index in [1.165, 1.54) is 0 Å². The molecule has 0 aromatic heterocycles. The minimum atomic E-state index is 0.133. The summed E-state index contributed by atoms with van der Waals surface area (Å²) < 4.78 is 5.02. The fourth-order valence-electron chi connectivity index (χ4n) is 1.38. The van der Waals surface area contributed by atoms with Crippen LogP contribution in [0, 0.1) is 0 Å². The second kappa shape index (κ2) is 6.27. The first-order valence-corrected chi connectivity index (χ1v) is 4.98. The van der Waals surface area contributed by atoms with Crippen LogP contribution in [-0.4, -0.2) is 38.5 Å². The SMILES string of the molecule is COCCN(CCO)c1ccc(N)cc1. The lowest BCUT2D eigenvalue weighted by Gasteiger charge is -2.23. The number of benzene rings is 1. The van der Waals surface area contributed by atoms with E-state index in [0.717, 1.165) is 17.9 Å². The van der Waals surface area contributed by atoms with Gasteiger partial charge in [-0.3, -0.25) is 0 Å². The number of anilines is 2. The Balaban J connectivity index is 2.65. The zero-order valence-corrected chi connectivity index (χ0v) is 9.02. The van der Waals surface area contributed by atoms with E-state index in [2.05, 4.69) is 4.90 Å². The minimum Gasteiger partial charge on any atom is -0.399 e. The lowest BCUT2D eigenvalue weighted by Crippen LogP contribution is -2.30. The van der Waals surface area contributed by atoms with Crippen molar-refractivity contribution in [3.63, 3.8) is 0 Å². The third-order valence-corrected chi connectivity index (χ3v) is 2.19. The van der Waals surface area contributed by atoms with Crippen molar-refractivity contribution < 1.29 is 9.84 Å². The smallest absolute Gasteiger partial charge is 0.0637 e. The molecule has 0 bridgehead atoms. The van der Waals surface area contributed by atoms with E-state index in [1.807, 2.05) is 24.3 Å². The van der Waals surface area contributed by atoms with Crippen molar-refractivity contribution in [3.05, 3.63) is 24.3 Å². The minimum absolute atomic E-state index is 0.133. The van der Waals surface area contributed by atoms with E-state index in [9.17, 15) is 0 Å². The predicted molar refractivity (Wildman–Crippen MR) is 62.0 cm³/mol. The van der Waals surface area contributed by atoms with Gasteiger partial charge in [0.1, 0.15) is 0 Å². The molecule has 0 aliphatic heterocycles. The van der Waals surface area contributed by atoms with E-state index < -0.39 is 0 Å². The van der Waals surface area contributed by atoms with Gasteiger partial charge >= 0.3 is 0 Å². The molecule has 0 atom stereocenters. The Labute approximate surface area is 90.3 Å². The molecule has 0 radical (unpaired) electrons. The quantitative estimate of drug-likeness (QED) is 0.679. The first-order chi connectivity index (χ1) is 7.27. The molecule has 84 valence electrons. The lowest BCUT2D eigenvalue weighted by atomic mass is 10.2. The van der Waals surface area contributed by atoms with Gasteiger partial charge in [-0.15, -0.1) is 0 Å². The molecular formula is C11H18N2O2. The van der Waals surface area contributed by atoms with Crippen LogP contribution in [0.2, 0.25) is 0 Å². The number of ether oxygens (including phenoxy) is 1. The van der Waals surface area contributed by atoms with Crippen LogP contribution >= 0.6 is 0 Å².